The van der Waals surface area contributed by atoms with Gasteiger partial charge in [0.25, 0.3) is 0 Å². The van der Waals surface area contributed by atoms with Gasteiger partial charge in [0.2, 0.25) is 5.88 Å². The van der Waals surface area contributed by atoms with E-state index in [1.54, 1.807) is 12.3 Å². The maximum atomic E-state index is 12.3. The largest absolute Gasteiger partial charge is 0.573 e. The van der Waals surface area contributed by atoms with E-state index in [0.29, 0.717) is 22.3 Å². The summed E-state index contributed by atoms with van der Waals surface area (Å²) < 4.78 is 46.4. The van der Waals surface area contributed by atoms with Gasteiger partial charge in [-0.1, -0.05) is 24.3 Å². The van der Waals surface area contributed by atoms with Crippen molar-refractivity contribution in [3.63, 3.8) is 0 Å². The Morgan fingerprint density at radius 2 is 1.64 bits per heavy atom. The minimum Gasteiger partial charge on any atom is -0.439 e. The van der Waals surface area contributed by atoms with Crippen LogP contribution < -0.4 is 20.2 Å². The van der Waals surface area contributed by atoms with Gasteiger partial charge < -0.3 is 14.8 Å². The van der Waals surface area contributed by atoms with E-state index >= 15 is 0 Å². The Balaban J connectivity index is 1.37. The molecule has 36 heavy (non-hydrogen) atoms. The number of aryl methyl sites for hydroxylation is 2. The number of hydrogen-bond acceptors (Lipinski definition) is 5. The normalized spacial score (nSPS) is 11.5. The van der Waals surface area contributed by atoms with Gasteiger partial charge in [0.05, 0.1) is 11.7 Å². The van der Waals surface area contributed by atoms with Crippen molar-refractivity contribution in [3.05, 3.63) is 89.5 Å². The molecule has 0 spiro atoms. The van der Waals surface area contributed by atoms with Crippen LogP contribution in [0.15, 0.2) is 77.9 Å². The van der Waals surface area contributed by atoms with Crippen molar-refractivity contribution in [2.24, 2.45) is 5.10 Å². The van der Waals surface area contributed by atoms with Crippen molar-refractivity contribution in [1.29, 1.82) is 0 Å². The molecule has 0 amide bonds. The van der Waals surface area contributed by atoms with Gasteiger partial charge in [-0.05, 0) is 85.2 Å². The van der Waals surface area contributed by atoms with E-state index in [2.05, 4.69) is 25.6 Å². The maximum Gasteiger partial charge on any atom is 0.573 e. The number of thiocarbonyl (C=S) groups is 1. The number of pyridine rings is 1. The van der Waals surface area contributed by atoms with Gasteiger partial charge in [-0.15, -0.1) is 13.2 Å². The van der Waals surface area contributed by atoms with Crippen LogP contribution in [-0.2, 0) is 0 Å². The first-order valence-electron chi connectivity index (χ1n) is 10.8. The predicted molar refractivity (Wildman–Crippen MR) is 138 cm³/mol. The molecule has 6 nitrogen and oxygen atoms in total. The standard InChI is InChI=1S/C26H21F3N4O2S/c1-16-4-3-5-17(2)24(16)32-25(36)33-30-15-18-6-12-22-19(14-18)7-13-23(31-22)34-20-8-10-21(11-9-20)35-26(27,28)29/h3-15H,1-2H3,(H2,32,33,36). The Hall–Kier alpha value is -4.18. The third-order valence-corrected chi connectivity index (χ3v) is 5.26. The molecule has 0 radical (unpaired) electrons. The molecule has 0 aliphatic rings. The maximum absolute atomic E-state index is 12.3. The minimum atomic E-state index is -4.74. The number of aromatic nitrogens is 1. The van der Waals surface area contributed by atoms with Crippen molar-refractivity contribution in [2.45, 2.75) is 20.2 Å². The molecule has 0 atom stereocenters. The van der Waals surface area contributed by atoms with Gasteiger partial charge in [0, 0.05) is 17.1 Å². The van der Waals surface area contributed by atoms with Crippen molar-refractivity contribution >= 4 is 40.1 Å². The van der Waals surface area contributed by atoms with Crippen molar-refractivity contribution in [3.8, 4) is 17.4 Å². The number of nitrogens with zero attached hydrogens (tertiary/aromatic N) is 2. The summed E-state index contributed by atoms with van der Waals surface area (Å²) in [6.45, 7) is 4.01. The lowest BCUT2D eigenvalue weighted by Gasteiger charge is -2.12. The van der Waals surface area contributed by atoms with Gasteiger partial charge in [0.15, 0.2) is 5.11 Å². The molecule has 10 heteroatoms. The number of nitrogens with one attached hydrogen (secondary N) is 2. The smallest absolute Gasteiger partial charge is 0.439 e. The molecule has 0 aliphatic carbocycles. The van der Waals surface area contributed by atoms with E-state index < -0.39 is 6.36 Å². The number of ether oxygens (including phenoxy) is 2. The van der Waals surface area contributed by atoms with Gasteiger partial charge in [-0.3, -0.25) is 5.43 Å². The van der Waals surface area contributed by atoms with E-state index in [4.69, 9.17) is 17.0 Å². The number of fused-ring (bicyclic) bond motifs is 1. The van der Waals surface area contributed by atoms with Crippen molar-refractivity contribution in [2.75, 3.05) is 5.32 Å². The first-order chi connectivity index (χ1) is 17.2. The van der Waals surface area contributed by atoms with Gasteiger partial charge in [-0.2, -0.15) is 5.10 Å². The summed E-state index contributed by atoms with van der Waals surface area (Å²) in [6, 6.07) is 20.2. The molecule has 3 aromatic carbocycles. The fraction of sp³-hybridized carbons (Fsp3) is 0.115. The highest BCUT2D eigenvalue weighted by Gasteiger charge is 2.31. The molecular weight excluding hydrogens is 489 g/mol. The zero-order valence-corrected chi connectivity index (χ0v) is 20.1. The minimum absolute atomic E-state index is 0.304. The van der Waals surface area contributed by atoms with E-state index in [1.807, 2.05) is 56.3 Å². The highest BCUT2D eigenvalue weighted by atomic mass is 32.1. The number of halogens is 3. The lowest BCUT2D eigenvalue weighted by molar-refractivity contribution is -0.274. The average Bonchev–Trinajstić information content (AvgIpc) is 2.82. The Morgan fingerprint density at radius 3 is 2.33 bits per heavy atom. The summed E-state index contributed by atoms with van der Waals surface area (Å²) in [7, 11) is 0. The van der Waals surface area contributed by atoms with Crippen LogP contribution in [0.2, 0.25) is 0 Å². The van der Waals surface area contributed by atoms with Crippen LogP contribution in [-0.4, -0.2) is 22.7 Å². The molecule has 0 unspecified atom stereocenters. The number of para-hydroxylation sites is 1. The average molecular weight is 511 g/mol. The van der Waals surface area contributed by atoms with Crippen LogP contribution in [0.25, 0.3) is 10.9 Å². The van der Waals surface area contributed by atoms with Crippen LogP contribution in [0.5, 0.6) is 17.4 Å². The second-order valence-electron chi connectivity index (χ2n) is 7.81. The second-order valence-corrected chi connectivity index (χ2v) is 8.22. The zero-order valence-electron chi connectivity index (χ0n) is 19.3. The number of rotatable bonds is 6. The number of hydrogen-bond donors (Lipinski definition) is 2. The fourth-order valence-electron chi connectivity index (χ4n) is 3.41. The van der Waals surface area contributed by atoms with Gasteiger partial charge >= 0.3 is 6.36 Å². The Labute approximate surface area is 210 Å². The molecule has 4 aromatic rings. The van der Waals surface area contributed by atoms with E-state index in [9.17, 15) is 13.2 Å². The number of anilines is 1. The van der Waals surface area contributed by atoms with Crippen LogP contribution in [0, 0.1) is 13.8 Å². The monoisotopic (exact) mass is 510 g/mol. The quantitative estimate of drug-likeness (QED) is 0.168. The number of alkyl halides is 3. The van der Waals surface area contributed by atoms with E-state index in [1.165, 1.54) is 24.3 Å². The Bertz CT molecular complexity index is 1400. The molecule has 1 heterocycles. The first kappa shape index (κ1) is 24.9. The predicted octanol–water partition coefficient (Wildman–Crippen LogP) is 6.86. The third-order valence-electron chi connectivity index (χ3n) is 5.07. The van der Waals surface area contributed by atoms with Crippen LogP contribution in [0.4, 0.5) is 18.9 Å². The molecule has 2 N–H and O–H groups in total. The molecule has 1 aromatic heterocycles. The summed E-state index contributed by atoms with van der Waals surface area (Å²) in [5.74, 6) is 0.307. The summed E-state index contributed by atoms with van der Waals surface area (Å²) in [6.07, 6.45) is -3.10. The number of hydrazone groups is 1. The first-order valence-corrected chi connectivity index (χ1v) is 11.2. The van der Waals surface area contributed by atoms with Crippen LogP contribution >= 0.6 is 12.2 Å². The van der Waals surface area contributed by atoms with Crippen molar-refractivity contribution < 1.29 is 22.6 Å². The Kier molecular flexibility index (Phi) is 7.35. The highest BCUT2D eigenvalue weighted by molar-refractivity contribution is 7.80. The summed E-state index contributed by atoms with van der Waals surface area (Å²) >= 11 is 5.33. The summed E-state index contributed by atoms with van der Waals surface area (Å²) in [5.41, 5.74) is 7.45. The van der Waals surface area contributed by atoms with Crippen LogP contribution in [0.1, 0.15) is 16.7 Å². The van der Waals surface area contributed by atoms with Crippen molar-refractivity contribution in [1.82, 2.24) is 10.4 Å². The SMILES string of the molecule is Cc1cccc(C)c1NC(=S)NN=Cc1ccc2nc(Oc3ccc(OC(F)(F)F)cc3)ccc2c1. The van der Waals surface area contributed by atoms with E-state index in [0.717, 1.165) is 27.8 Å². The van der Waals surface area contributed by atoms with Crippen LogP contribution in [0.3, 0.4) is 0 Å². The molecule has 0 saturated heterocycles. The summed E-state index contributed by atoms with van der Waals surface area (Å²) in [4.78, 5) is 4.44. The second kappa shape index (κ2) is 10.6. The van der Waals surface area contributed by atoms with E-state index in [-0.39, 0.29) is 5.75 Å². The molecule has 0 aliphatic heterocycles. The molecule has 184 valence electrons. The lowest BCUT2D eigenvalue weighted by Crippen LogP contribution is -2.24. The van der Waals surface area contributed by atoms with Gasteiger partial charge in [-0.25, -0.2) is 4.98 Å². The third kappa shape index (κ3) is 6.70. The molecule has 0 saturated carbocycles. The fourth-order valence-corrected chi connectivity index (χ4v) is 3.57. The Morgan fingerprint density at radius 1 is 0.944 bits per heavy atom. The molecule has 0 fully saturated rings. The molecular formula is C26H21F3N4O2S. The highest BCUT2D eigenvalue weighted by Crippen LogP contribution is 2.27. The van der Waals surface area contributed by atoms with Gasteiger partial charge in [0.1, 0.15) is 11.5 Å². The molecule has 0 bridgehead atoms. The molecule has 4 rings (SSSR count). The lowest BCUT2D eigenvalue weighted by atomic mass is 10.1. The zero-order chi connectivity index (χ0) is 25.7. The number of benzene rings is 3. The topological polar surface area (TPSA) is 67.8 Å². The summed E-state index contributed by atoms with van der Waals surface area (Å²) in [5, 5.41) is 8.60.